The predicted molar refractivity (Wildman–Crippen MR) is 82.5 cm³/mol. The Morgan fingerprint density at radius 1 is 1.29 bits per heavy atom. The van der Waals surface area contributed by atoms with Crippen LogP contribution in [-0.2, 0) is 4.43 Å². The summed E-state index contributed by atoms with van der Waals surface area (Å²) in [6, 6.07) is 3.58. The van der Waals surface area contributed by atoms with E-state index in [2.05, 4.69) is 63.7 Å². The Bertz CT molecular complexity index is 391. The van der Waals surface area contributed by atoms with E-state index in [9.17, 15) is 4.80 Å². The van der Waals surface area contributed by atoms with Crippen molar-refractivity contribution in [3.8, 4) is 5.75 Å². The molecule has 0 aliphatic carbocycles. The molecule has 0 amide bonds. The Morgan fingerprint density at radius 2 is 1.94 bits per heavy atom. The fourth-order valence-corrected chi connectivity index (χ4v) is 3.62. The maximum atomic E-state index is 9.68. The third-order valence-corrected chi connectivity index (χ3v) is 6.96. The number of rotatable bonds is 5. The fourth-order valence-electron chi connectivity index (χ4n) is 0.909. The van der Waals surface area contributed by atoms with Gasteiger partial charge in [0, 0.05) is 14.3 Å². The molecular weight excluding hydrogens is 504 g/mol. The lowest BCUT2D eigenvalue weighted by Gasteiger charge is -2.15. The molecule has 0 aliphatic rings. The number of hydrogen-bond donors (Lipinski definition) is 1. The summed E-state index contributed by atoms with van der Waals surface area (Å²) < 4.78 is 13.1. The van der Waals surface area contributed by atoms with Gasteiger partial charge in [0.25, 0.3) is 0 Å². The molecular formula is C9H9Br4O3Si. The van der Waals surface area contributed by atoms with Gasteiger partial charge in [-0.25, -0.2) is 0 Å². The summed E-state index contributed by atoms with van der Waals surface area (Å²) in [5, 5.41) is 0.649. The van der Waals surface area contributed by atoms with Gasteiger partial charge >= 0.3 is 9.53 Å². The van der Waals surface area contributed by atoms with Crippen LogP contribution < -0.4 is 4.43 Å². The summed E-state index contributed by atoms with van der Waals surface area (Å²) in [4.78, 5) is 9.68. The zero-order chi connectivity index (χ0) is 13.0. The second-order valence-electron chi connectivity index (χ2n) is 3.12. The van der Waals surface area contributed by atoms with E-state index in [0.29, 0.717) is 11.1 Å². The van der Waals surface area contributed by atoms with Gasteiger partial charge in [0.15, 0.2) is 0 Å². The summed E-state index contributed by atoms with van der Waals surface area (Å²) in [5.41, 5.74) is 0. The highest BCUT2D eigenvalue weighted by atomic mass is 79.9. The summed E-state index contributed by atoms with van der Waals surface area (Å²) >= 11 is 13.4. The monoisotopic (exact) mass is 509 g/mol. The van der Waals surface area contributed by atoms with Crippen molar-refractivity contribution in [2.45, 2.75) is 13.0 Å². The molecule has 0 spiro atoms. The first-order valence-electron chi connectivity index (χ1n) is 4.55. The lowest BCUT2D eigenvalue weighted by atomic mass is 10.3. The topological polar surface area (TPSA) is 38.7 Å². The van der Waals surface area contributed by atoms with Gasteiger partial charge in [-0.15, -0.1) is 0 Å². The number of alkyl halides is 1. The van der Waals surface area contributed by atoms with Crippen LogP contribution in [0.2, 0.25) is 0 Å². The van der Waals surface area contributed by atoms with Crippen LogP contribution in [-0.4, -0.2) is 25.8 Å². The Morgan fingerprint density at radius 3 is 2.53 bits per heavy atom. The molecule has 1 atom stereocenters. The van der Waals surface area contributed by atoms with Crippen LogP contribution in [0.1, 0.15) is 6.92 Å². The highest BCUT2D eigenvalue weighted by Gasteiger charge is 2.21. The van der Waals surface area contributed by atoms with Crippen molar-refractivity contribution in [1.29, 1.82) is 0 Å². The molecule has 1 aromatic carbocycles. The van der Waals surface area contributed by atoms with E-state index in [0.717, 1.165) is 13.4 Å². The van der Waals surface area contributed by atoms with Crippen LogP contribution in [0.15, 0.2) is 25.6 Å². The van der Waals surface area contributed by atoms with Crippen molar-refractivity contribution in [3.05, 3.63) is 25.6 Å². The van der Waals surface area contributed by atoms with E-state index < -0.39 is 9.53 Å². The average molecular weight is 513 g/mol. The molecule has 1 N–H and O–H groups in total. The zero-order valence-corrected chi connectivity index (χ0v) is 16.1. The van der Waals surface area contributed by atoms with Gasteiger partial charge in [0.1, 0.15) is 5.75 Å². The van der Waals surface area contributed by atoms with Crippen molar-refractivity contribution in [1.82, 2.24) is 0 Å². The zero-order valence-electron chi connectivity index (χ0n) is 8.71. The molecule has 0 heterocycles. The molecule has 1 aromatic rings. The summed E-state index contributed by atoms with van der Waals surface area (Å²) in [7, 11) is -2.30. The van der Waals surface area contributed by atoms with Gasteiger partial charge in [-0.2, -0.15) is 0 Å². The smallest absolute Gasteiger partial charge is 0.497 e. The van der Waals surface area contributed by atoms with Crippen LogP contribution in [0, 0.1) is 0 Å². The highest BCUT2D eigenvalue weighted by Crippen LogP contribution is 2.37. The van der Waals surface area contributed by atoms with E-state index >= 15 is 0 Å². The quantitative estimate of drug-likeness (QED) is 0.366. The van der Waals surface area contributed by atoms with E-state index in [4.69, 9.17) is 8.85 Å². The van der Waals surface area contributed by atoms with Crippen molar-refractivity contribution in [2.75, 3.05) is 5.33 Å². The maximum Gasteiger partial charge on any atom is 0.653 e. The van der Waals surface area contributed by atoms with Crippen LogP contribution in [0.25, 0.3) is 0 Å². The van der Waals surface area contributed by atoms with Gasteiger partial charge in [0.05, 0.1) is 10.6 Å². The molecule has 95 valence electrons. The molecule has 0 saturated carbocycles. The SMILES string of the molecule is CC(CBr)O[Si](O)Oc1ccc(Br)c(Br)c1Br. The Labute approximate surface area is 135 Å². The van der Waals surface area contributed by atoms with Crippen LogP contribution in [0.3, 0.4) is 0 Å². The molecule has 0 fully saturated rings. The van der Waals surface area contributed by atoms with Crippen LogP contribution >= 0.6 is 63.7 Å². The van der Waals surface area contributed by atoms with E-state index in [1.165, 1.54) is 0 Å². The predicted octanol–water partition coefficient (Wildman–Crippen LogP) is 4.13. The van der Waals surface area contributed by atoms with E-state index in [1.54, 1.807) is 6.07 Å². The summed E-state index contributed by atoms with van der Waals surface area (Å²) in [6.45, 7) is 1.85. The molecule has 0 bridgehead atoms. The maximum absolute atomic E-state index is 9.68. The third kappa shape index (κ3) is 4.92. The largest absolute Gasteiger partial charge is 0.653 e. The fraction of sp³-hybridized carbons (Fsp3) is 0.333. The van der Waals surface area contributed by atoms with Crippen LogP contribution in [0.5, 0.6) is 5.75 Å². The van der Waals surface area contributed by atoms with Gasteiger partial charge in [0.2, 0.25) is 0 Å². The summed E-state index contributed by atoms with van der Waals surface area (Å²) in [6.07, 6.45) is -0.0912. The molecule has 17 heavy (non-hydrogen) atoms. The van der Waals surface area contributed by atoms with Gasteiger partial charge in [-0.3, -0.25) is 0 Å². The Balaban J connectivity index is 2.72. The van der Waals surface area contributed by atoms with E-state index in [-0.39, 0.29) is 6.10 Å². The first-order chi connectivity index (χ1) is 7.95. The van der Waals surface area contributed by atoms with Crippen molar-refractivity contribution in [3.63, 3.8) is 0 Å². The van der Waals surface area contributed by atoms with Gasteiger partial charge < -0.3 is 13.6 Å². The van der Waals surface area contributed by atoms with Gasteiger partial charge in [-0.1, -0.05) is 15.9 Å². The molecule has 0 saturated heterocycles. The van der Waals surface area contributed by atoms with Crippen LogP contribution in [0.4, 0.5) is 0 Å². The standard InChI is InChI=1S/C9H9Br4O3Si/c1-5(4-10)15-17(14)16-7-3-2-6(11)8(12)9(7)13/h2-3,5,14H,4H2,1H3. The minimum atomic E-state index is -2.30. The number of hydrogen-bond acceptors (Lipinski definition) is 3. The number of halogens is 4. The average Bonchev–Trinajstić information content (AvgIpc) is 2.29. The first kappa shape index (κ1) is 16.1. The normalized spacial score (nSPS) is 12.9. The highest BCUT2D eigenvalue weighted by molar-refractivity contribution is 9.14. The summed E-state index contributed by atoms with van der Waals surface area (Å²) in [5.74, 6) is 0.540. The lowest BCUT2D eigenvalue weighted by Crippen LogP contribution is -2.31. The molecule has 0 aliphatic heterocycles. The lowest BCUT2D eigenvalue weighted by molar-refractivity contribution is 0.151. The minimum Gasteiger partial charge on any atom is -0.497 e. The van der Waals surface area contributed by atoms with Crippen molar-refractivity contribution < 1.29 is 13.6 Å². The molecule has 1 rings (SSSR count). The Kier molecular flexibility index (Phi) is 7.23. The molecule has 3 nitrogen and oxygen atoms in total. The van der Waals surface area contributed by atoms with Gasteiger partial charge in [-0.05, 0) is 66.8 Å². The van der Waals surface area contributed by atoms with Crippen molar-refractivity contribution >= 4 is 73.2 Å². The second-order valence-corrected chi connectivity index (χ2v) is 7.18. The molecule has 0 aromatic heterocycles. The second kappa shape index (κ2) is 7.61. The molecule has 8 heteroatoms. The first-order valence-corrected chi connectivity index (χ1v) is 9.32. The molecule has 1 radical (unpaired) electrons. The third-order valence-electron chi connectivity index (χ3n) is 1.72. The number of benzene rings is 1. The molecule has 1 unspecified atom stereocenters. The van der Waals surface area contributed by atoms with Crippen molar-refractivity contribution in [2.24, 2.45) is 0 Å². The van der Waals surface area contributed by atoms with E-state index in [1.807, 2.05) is 13.0 Å². The Hall–Kier alpha value is 1.08. The minimum absolute atomic E-state index is 0.0912.